The average molecular weight is 252 g/mol. The van der Waals surface area contributed by atoms with Gasteiger partial charge in [0.25, 0.3) is 0 Å². The van der Waals surface area contributed by atoms with Crippen LogP contribution in [0.15, 0.2) is 0 Å². The van der Waals surface area contributed by atoms with Crippen LogP contribution in [0, 0.1) is 4.77 Å². The number of likely N-dealkylation sites (tertiary alicyclic amines) is 1. The fraction of sp³-hybridized carbons (Fsp3) is 0.727. The number of aromatic nitrogens is 3. The number of H-pyrrole nitrogens is 1. The van der Waals surface area contributed by atoms with Gasteiger partial charge in [-0.1, -0.05) is 0 Å². The first-order chi connectivity index (χ1) is 8.25. The van der Waals surface area contributed by atoms with E-state index in [9.17, 15) is 4.79 Å². The van der Waals surface area contributed by atoms with Crippen molar-refractivity contribution in [2.45, 2.75) is 38.1 Å². The molecule has 1 amide bonds. The predicted octanol–water partition coefficient (Wildman–Crippen LogP) is 1.44. The molecule has 0 unspecified atom stereocenters. The number of rotatable bonds is 3. The molecule has 2 heterocycles. The van der Waals surface area contributed by atoms with Crippen LogP contribution in [0.3, 0.4) is 0 Å². The highest BCUT2D eigenvalue weighted by Crippen LogP contribution is 2.38. The average Bonchev–Trinajstić information content (AvgIpc) is 2.89. The SMILES string of the molecule is O=C(Cn1c(C2CC2)n[nH]c1=S)N1CCCC1. The molecule has 0 bridgehead atoms. The topological polar surface area (TPSA) is 53.9 Å². The summed E-state index contributed by atoms with van der Waals surface area (Å²) in [7, 11) is 0. The third-order valence-electron chi connectivity index (χ3n) is 3.48. The van der Waals surface area contributed by atoms with Gasteiger partial charge in [0.15, 0.2) is 4.77 Å². The number of amides is 1. The third kappa shape index (κ3) is 2.13. The predicted molar refractivity (Wildman–Crippen MR) is 65.2 cm³/mol. The third-order valence-corrected chi connectivity index (χ3v) is 3.79. The van der Waals surface area contributed by atoms with Crippen LogP contribution in [-0.2, 0) is 11.3 Å². The van der Waals surface area contributed by atoms with E-state index >= 15 is 0 Å². The molecule has 92 valence electrons. The monoisotopic (exact) mass is 252 g/mol. The zero-order valence-corrected chi connectivity index (χ0v) is 10.5. The largest absolute Gasteiger partial charge is 0.341 e. The molecule has 1 aliphatic heterocycles. The molecule has 1 saturated heterocycles. The highest BCUT2D eigenvalue weighted by molar-refractivity contribution is 7.71. The first-order valence-corrected chi connectivity index (χ1v) is 6.59. The van der Waals surface area contributed by atoms with Gasteiger partial charge in [-0.25, -0.2) is 0 Å². The van der Waals surface area contributed by atoms with E-state index in [0.717, 1.165) is 44.6 Å². The Morgan fingerprint density at radius 1 is 1.41 bits per heavy atom. The van der Waals surface area contributed by atoms with Crippen LogP contribution >= 0.6 is 12.2 Å². The van der Waals surface area contributed by atoms with Crippen molar-refractivity contribution in [2.75, 3.05) is 13.1 Å². The van der Waals surface area contributed by atoms with Crippen LogP contribution in [0.5, 0.6) is 0 Å². The lowest BCUT2D eigenvalue weighted by Gasteiger charge is -2.15. The molecule has 2 fully saturated rings. The van der Waals surface area contributed by atoms with Gasteiger partial charge in [0.2, 0.25) is 5.91 Å². The quantitative estimate of drug-likeness (QED) is 0.828. The van der Waals surface area contributed by atoms with E-state index in [0.29, 0.717) is 17.2 Å². The number of hydrogen-bond acceptors (Lipinski definition) is 3. The Bertz CT molecular complexity index is 482. The molecule has 2 aliphatic rings. The highest BCUT2D eigenvalue weighted by atomic mass is 32.1. The molecule has 1 saturated carbocycles. The molecule has 0 aromatic carbocycles. The van der Waals surface area contributed by atoms with E-state index in [4.69, 9.17) is 12.2 Å². The van der Waals surface area contributed by atoms with Crippen molar-refractivity contribution in [3.8, 4) is 0 Å². The van der Waals surface area contributed by atoms with Crippen LogP contribution in [-0.4, -0.2) is 38.7 Å². The van der Waals surface area contributed by atoms with Gasteiger partial charge in [0.05, 0.1) is 0 Å². The molecule has 17 heavy (non-hydrogen) atoms. The number of carbonyl (C=O) groups excluding carboxylic acids is 1. The van der Waals surface area contributed by atoms with Gasteiger partial charge in [-0.3, -0.25) is 14.5 Å². The highest BCUT2D eigenvalue weighted by Gasteiger charge is 2.30. The van der Waals surface area contributed by atoms with Crippen molar-refractivity contribution in [1.29, 1.82) is 0 Å². The van der Waals surface area contributed by atoms with Crippen molar-refractivity contribution in [2.24, 2.45) is 0 Å². The number of nitrogens with one attached hydrogen (secondary N) is 1. The zero-order chi connectivity index (χ0) is 11.8. The summed E-state index contributed by atoms with van der Waals surface area (Å²) in [5, 5.41) is 7.03. The summed E-state index contributed by atoms with van der Waals surface area (Å²) in [5.41, 5.74) is 0. The van der Waals surface area contributed by atoms with Crippen molar-refractivity contribution < 1.29 is 4.79 Å². The van der Waals surface area contributed by atoms with Crippen LogP contribution in [0.25, 0.3) is 0 Å². The lowest BCUT2D eigenvalue weighted by atomic mass is 10.4. The van der Waals surface area contributed by atoms with Gasteiger partial charge in [0, 0.05) is 19.0 Å². The minimum Gasteiger partial charge on any atom is -0.341 e. The van der Waals surface area contributed by atoms with Crippen LogP contribution in [0.1, 0.15) is 37.4 Å². The zero-order valence-electron chi connectivity index (χ0n) is 9.69. The van der Waals surface area contributed by atoms with Crippen molar-refractivity contribution >= 4 is 18.1 Å². The summed E-state index contributed by atoms with van der Waals surface area (Å²) in [4.78, 5) is 14.0. The van der Waals surface area contributed by atoms with Crippen LogP contribution in [0.4, 0.5) is 0 Å². The maximum atomic E-state index is 12.1. The Hall–Kier alpha value is -1.17. The maximum absolute atomic E-state index is 12.1. The maximum Gasteiger partial charge on any atom is 0.242 e. The molecule has 0 spiro atoms. The summed E-state index contributed by atoms with van der Waals surface area (Å²) in [6, 6.07) is 0. The molecule has 1 aromatic heterocycles. The number of carbonyl (C=O) groups is 1. The lowest BCUT2D eigenvalue weighted by molar-refractivity contribution is -0.130. The molecular formula is C11H16N4OS. The molecule has 0 atom stereocenters. The second-order valence-corrected chi connectivity index (χ2v) is 5.22. The molecule has 3 rings (SSSR count). The Morgan fingerprint density at radius 3 is 2.76 bits per heavy atom. The first-order valence-electron chi connectivity index (χ1n) is 6.18. The van der Waals surface area contributed by atoms with Crippen molar-refractivity contribution in [3.05, 3.63) is 10.6 Å². The van der Waals surface area contributed by atoms with Crippen molar-refractivity contribution in [3.63, 3.8) is 0 Å². The summed E-state index contributed by atoms with van der Waals surface area (Å²) in [5.74, 6) is 1.64. The Balaban J connectivity index is 1.77. The second kappa shape index (κ2) is 4.25. The van der Waals surface area contributed by atoms with E-state index in [-0.39, 0.29) is 5.91 Å². The van der Waals surface area contributed by atoms with Gasteiger partial charge in [-0.15, -0.1) is 0 Å². The normalized spacial score (nSPS) is 19.9. The molecule has 0 radical (unpaired) electrons. The standard InChI is InChI=1S/C11H16N4OS/c16-9(14-5-1-2-6-14)7-15-10(8-3-4-8)12-13-11(15)17/h8H,1-7H2,(H,13,17). The summed E-state index contributed by atoms with van der Waals surface area (Å²) < 4.78 is 2.44. The minimum absolute atomic E-state index is 0.168. The fourth-order valence-electron chi connectivity index (χ4n) is 2.34. The number of hydrogen-bond donors (Lipinski definition) is 1. The molecular weight excluding hydrogens is 236 g/mol. The summed E-state index contributed by atoms with van der Waals surface area (Å²) in [6.45, 7) is 2.13. The van der Waals surface area contributed by atoms with Crippen molar-refractivity contribution in [1.82, 2.24) is 19.7 Å². The smallest absolute Gasteiger partial charge is 0.242 e. The summed E-state index contributed by atoms with van der Waals surface area (Å²) in [6.07, 6.45) is 4.57. The second-order valence-electron chi connectivity index (χ2n) is 4.84. The Morgan fingerprint density at radius 2 is 2.12 bits per heavy atom. The molecule has 6 heteroatoms. The van der Waals surface area contributed by atoms with E-state index in [2.05, 4.69) is 10.2 Å². The fourth-order valence-corrected chi connectivity index (χ4v) is 2.54. The van der Waals surface area contributed by atoms with Gasteiger partial charge < -0.3 is 4.90 Å². The Kier molecular flexibility index (Phi) is 2.74. The van der Waals surface area contributed by atoms with E-state index in [1.807, 2.05) is 9.47 Å². The molecule has 1 N–H and O–H groups in total. The number of aromatic amines is 1. The molecule has 1 aromatic rings. The van der Waals surface area contributed by atoms with Gasteiger partial charge >= 0.3 is 0 Å². The molecule has 5 nitrogen and oxygen atoms in total. The van der Waals surface area contributed by atoms with E-state index in [1.54, 1.807) is 0 Å². The van der Waals surface area contributed by atoms with E-state index in [1.165, 1.54) is 0 Å². The summed E-state index contributed by atoms with van der Waals surface area (Å²) >= 11 is 5.19. The lowest BCUT2D eigenvalue weighted by Crippen LogP contribution is -2.31. The van der Waals surface area contributed by atoms with Gasteiger partial charge in [-0.05, 0) is 37.9 Å². The van der Waals surface area contributed by atoms with Crippen LogP contribution in [0.2, 0.25) is 0 Å². The van der Waals surface area contributed by atoms with Gasteiger partial charge in [-0.2, -0.15) is 5.10 Å². The first kappa shape index (κ1) is 11.0. The minimum atomic E-state index is 0.168. The number of nitrogens with zero attached hydrogens (tertiary/aromatic N) is 3. The van der Waals surface area contributed by atoms with Gasteiger partial charge in [0.1, 0.15) is 12.4 Å². The molecule has 1 aliphatic carbocycles. The van der Waals surface area contributed by atoms with E-state index < -0.39 is 0 Å². The Labute approximate surface area is 105 Å². The van der Waals surface area contributed by atoms with Crippen LogP contribution < -0.4 is 0 Å².